The molecule has 1 heterocycles. The average molecular weight is 430 g/mol. The molecule has 0 atom stereocenters. The highest BCUT2D eigenvalue weighted by Crippen LogP contribution is 2.27. The van der Waals surface area contributed by atoms with Crippen LogP contribution >= 0.6 is 0 Å². The lowest BCUT2D eigenvalue weighted by Gasteiger charge is -2.13. The molecule has 0 saturated heterocycles. The molecule has 4 rings (SSSR count). The summed E-state index contributed by atoms with van der Waals surface area (Å²) in [6.07, 6.45) is 0.0855. The SMILES string of the molecule is O=c1[nH]c(O)c(Cc2cc(OCc3ccccc3)cc(OCc3ccccc3)c2)c(=O)[nH]1. The Morgan fingerprint density at radius 3 is 1.72 bits per heavy atom. The summed E-state index contributed by atoms with van der Waals surface area (Å²) >= 11 is 0. The summed E-state index contributed by atoms with van der Waals surface area (Å²) < 4.78 is 11.9. The van der Waals surface area contributed by atoms with Crippen LogP contribution in [0, 0.1) is 0 Å². The van der Waals surface area contributed by atoms with Gasteiger partial charge in [0, 0.05) is 12.5 Å². The number of hydrogen-bond acceptors (Lipinski definition) is 5. The van der Waals surface area contributed by atoms with E-state index in [1.165, 1.54) is 0 Å². The predicted molar refractivity (Wildman–Crippen MR) is 120 cm³/mol. The number of aromatic nitrogens is 2. The Balaban J connectivity index is 1.60. The summed E-state index contributed by atoms with van der Waals surface area (Å²) in [5.74, 6) is 0.672. The molecule has 162 valence electrons. The van der Waals surface area contributed by atoms with Gasteiger partial charge in [-0.25, -0.2) is 4.79 Å². The first-order valence-corrected chi connectivity index (χ1v) is 10.1. The van der Waals surface area contributed by atoms with Crippen LogP contribution in [0.2, 0.25) is 0 Å². The number of benzene rings is 3. The molecule has 3 aromatic carbocycles. The number of aromatic amines is 2. The Morgan fingerprint density at radius 1 is 0.688 bits per heavy atom. The molecule has 7 heteroatoms. The van der Waals surface area contributed by atoms with Gasteiger partial charge in [-0.2, -0.15) is 0 Å². The molecule has 0 aliphatic carbocycles. The van der Waals surface area contributed by atoms with E-state index in [2.05, 4.69) is 9.97 Å². The van der Waals surface area contributed by atoms with Crippen molar-refractivity contribution in [2.45, 2.75) is 19.6 Å². The molecular weight excluding hydrogens is 408 g/mol. The summed E-state index contributed by atoms with van der Waals surface area (Å²) in [5.41, 5.74) is 1.36. The van der Waals surface area contributed by atoms with Crippen molar-refractivity contribution in [1.29, 1.82) is 0 Å². The fourth-order valence-electron chi connectivity index (χ4n) is 3.25. The van der Waals surface area contributed by atoms with E-state index in [1.807, 2.05) is 60.7 Å². The highest BCUT2D eigenvalue weighted by atomic mass is 16.5. The van der Waals surface area contributed by atoms with E-state index >= 15 is 0 Å². The summed E-state index contributed by atoms with van der Waals surface area (Å²) in [6, 6.07) is 24.8. The Labute approximate surface area is 183 Å². The van der Waals surface area contributed by atoms with Crippen molar-refractivity contribution >= 4 is 0 Å². The van der Waals surface area contributed by atoms with Crippen LogP contribution in [-0.4, -0.2) is 15.1 Å². The maximum absolute atomic E-state index is 12.2. The van der Waals surface area contributed by atoms with Crippen molar-refractivity contribution in [3.05, 3.63) is 122 Å². The molecule has 0 spiro atoms. The van der Waals surface area contributed by atoms with Crippen LogP contribution in [0.3, 0.4) is 0 Å². The minimum absolute atomic E-state index is 0.0545. The summed E-state index contributed by atoms with van der Waals surface area (Å²) in [5, 5.41) is 10.0. The van der Waals surface area contributed by atoms with Gasteiger partial charge in [-0.15, -0.1) is 0 Å². The number of hydrogen-bond donors (Lipinski definition) is 3. The van der Waals surface area contributed by atoms with Gasteiger partial charge in [0.2, 0.25) is 5.88 Å². The lowest BCUT2D eigenvalue weighted by Crippen LogP contribution is -2.25. The molecule has 3 N–H and O–H groups in total. The molecule has 4 aromatic rings. The number of H-pyrrole nitrogens is 2. The van der Waals surface area contributed by atoms with E-state index in [9.17, 15) is 14.7 Å². The maximum Gasteiger partial charge on any atom is 0.328 e. The third-order valence-electron chi connectivity index (χ3n) is 4.84. The van der Waals surface area contributed by atoms with Gasteiger partial charge in [0.25, 0.3) is 5.56 Å². The molecule has 0 amide bonds. The van der Waals surface area contributed by atoms with Crippen molar-refractivity contribution in [2.24, 2.45) is 0 Å². The number of ether oxygens (including phenoxy) is 2. The van der Waals surface area contributed by atoms with E-state index in [0.29, 0.717) is 30.3 Å². The maximum atomic E-state index is 12.2. The van der Waals surface area contributed by atoms with Crippen LogP contribution in [0.1, 0.15) is 22.3 Å². The minimum atomic E-state index is -0.761. The first-order chi connectivity index (χ1) is 15.6. The second-order valence-corrected chi connectivity index (χ2v) is 7.27. The number of nitrogens with one attached hydrogen (secondary N) is 2. The van der Waals surface area contributed by atoms with Gasteiger partial charge in [0.15, 0.2) is 0 Å². The van der Waals surface area contributed by atoms with Crippen LogP contribution in [0.5, 0.6) is 17.4 Å². The minimum Gasteiger partial charge on any atom is -0.494 e. The monoisotopic (exact) mass is 430 g/mol. The highest BCUT2D eigenvalue weighted by molar-refractivity contribution is 5.41. The van der Waals surface area contributed by atoms with Crippen LogP contribution in [-0.2, 0) is 19.6 Å². The molecule has 0 saturated carbocycles. The van der Waals surface area contributed by atoms with Crippen LogP contribution in [0.4, 0.5) is 0 Å². The molecule has 7 nitrogen and oxygen atoms in total. The van der Waals surface area contributed by atoms with Crippen molar-refractivity contribution in [3.63, 3.8) is 0 Å². The van der Waals surface area contributed by atoms with Crippen molar-refractivity contribution in [1.82, 2.24) is 9.97 Å². The standard InChI is InChI=1S/C25H22N2O5/c28-23-22(24(29)27-25(30)26-23)13-19-11-20(31-15-17-7-3-1-4-8-17)14-21(12-19)32-16-18-9-5-2-6-10-18/h1-12,14H,13,15-16H2,(H3,26,27,28,29,30). The van der Waals surface area contributed by atoms with Crippen LogP contribution < -0.4 is 20.7 Å². The number of rotatable bonds is 8. The van der Waals surface area contributed by atoms with Gasteiger partial charge in [-0.1, -0.05) is 60.7 Å². The Kier molecular flexibility index (Phi) is 6.36. The third kappa shape index (κ3) is 5.46. The normalized spacial score (nSPS) is 10.6. The first kappa shape index (κ1) is 21.0. The largest absolute Gasteiger partial charge is 0.494 e. The molecule has 0 aliphatic rings. The zero-order valence-corrected chi connectivity index (χ0v) is 17.2. The zero-order chi connectivity index (χ0) is 22.3. The second kappa shape index (κ2) is 9.70. The van der Waals surface area contributed by atoms with Gasteiger partial charge in [0.05, 0.1) is 5.56 Å². The van der Waals surface area contributed by atoms with Crippen molar-refractivity contribution < 1.29 is 14.6 Å². The van der Waals surface area contributed by atoms with Crippen molar-refractivity contribution in [3.8, 4) is 17.4 Å². The Bertz CT molecular complexity index is 1240. The van der Waals surface area contributed by atoms with E-state index < -0.39 is 17.1 Å². The quantitative estimate of drug-likeness (QED) is 0.397. The summed E-state index contributed by atoms with van der Waals surface area (Å²) in [7, 11) is 0. The second-order valence-electron chi connectivity index (χ2n) is 7.27. The van der Waals surface area contributed by atoms with Crippen LogP contribution in [0.15, 0.2) is 88.5 Å². The van der Waals surface area contributed by atoms with Gasteiger partial charge in [-0.3, -0.25) is 14.8 Å². The molecule has 0 unspecified atom stereocenters. The molecule has 0 bridgehead atoms. The lowest BCUT2D eigenvalue weighted by molar-refractivity contribution is 0.289. The predicted octanol–water partition coefficient (Wildman–Crippen LogP) is 3.52. The average Bonchev–Trinajstić information content (AvgIpc) is 2.80. The van der Waals surface area contributed by atoms with E-state index in [1.54, 1.807) is 18.2 Å². The van der Waals surface area contributed by atoms with E-state index in [4.69, 9.17) is 9.47 Å². The van der Waals surface area contributed by atoms with E-state index in [0.717, 1.165) is 11.1 Å². The topological polar surface area (TPSA) is 104 Å². The van der Waals surface area contributed by atoms with Crippen molar-refractivity contribution in [2.75, 3.05) is 0 Å². The molecule has 0 radical (unpaired) electrons. The molecular formula is C25H22N2O5. The number of aromatic hydroxyl groups is 1. The molecule has 1 aromatic heterocycles. The molecule has 0 aliphatic heterocycles. The van der Waals surface area contributed by atoms with Gasteiger partial charge < -0.3 is 14.6 Å². The smallest absolute Gasteiger partial charge is 0.328 e. The Morgan fingerprint density at radius 2 is 1.22 bits per heavy atom. The van der Waals surface area contributed by atoms with Gasteiger partial charge >= 0.3 is 5.69 Å². The fourth-order valence-corrected chi connectivity index (χ4v) is 3.25. The molecule has 0 fully saturated rings. The first-order valence-electron chi connectivity index (χ1n) is 10.1. The third-order valence-corrected chi connectivity index (χ3v) is 4.84. The lowest BCUT2D eigenvalue weighted by atomic mass is 10.1. The van der Waals surface area contributed by atoms with Crippen LogP contribution in [0.25, 0.3) is 0 Å². The highest BCUT2D eigenvalue weighted by Gasteiger charge is 2.12. The Hall–Kier alpha value is -4.26. The summed E-state index contributed by atoms with van der Waals surface area (Å²) in [6.45, 7) is 0.736. The van der Waals surface area contributed by atoms with Gasteiger partial charge in [-0.05, 0) is 28.8 Å². The molecule has 32 heavy (non-hydrogen) atoms. The van der Waals surface area contributed by atoms with E-state index in [-0.39, 0.29) is 12.0 Å². The fraction of sp³-hybridized carbons (Fsp3) is 0.120. The van der Waals surface area contributed by atoms with Gasteiger partial charge in [0.1, 0.15) is 24.7 Å². The summed E-state index contributed by atoms with van der Waals surface area (Å²) in [4.78, 5) is 27.8. The zero-order valence-electron chi connectivity index (χ0n) is 17.2.